The zero-order valence-corrected chi connectivity index (χ0v) is 9.42. The highest BCUT2D eigenvalue weighted by molar-refractivity contribution is 6.30. The van der Waals surface area contributed by atoms with E-state index >= 15 is 0 Å². The quantitative estimate of drug-likeness (QED) is 0.806. The van der Waals surface area contributed by atoms with Crippen LogP contribution in [0.1, 0.15) is 24.9 Å². The minimum Gasteiger partial charge on any atom is -0.368 e. The molecule has 1 aromatic carbocycles. The highest BCUT2D eigenvalue weighted by Crippen LogP contribution is 2.16. The zero-order chi connectivity index (χ0) is 11.3. The summed E-state index contributed by atoms with van der Waals surface area (Å²) >= 11 is 5.76. The molecule has 82 valence electrons. The van der Waals surface area contributed by atoms with Crippen LogP contribution in [-0.4, -0.2) is 12.5 Å². The minimum absolute atomic E-state index is 0.370. The molecule has 0 fully saturated rings. The Morgan fingerprint density at radius 2 is 2.07 bits per heavy atom. The molecule has 0 saturated heterocycles. The molecule has 0 radical (unpaired) electrons. The molecular formula is C11H15ClN2O. The van der Waals surface area contributed by atoms with Crippen molar-refractivity contribution in [1.82, 2.24) is 5.32 Å². The van der Waals surface area contributed by atoms with Crippen LogP contribution in [0.4, 0.5) is 0 Å². The van der Waals surface area contributed by atoms with Gasteiger partial charge in [-0.2, -0.15) is 0 Å². The van der Waals surface area contributed by atoms with E-state index in [1.165, 1.54) is 0 Å². The molecule has 0 saturated carbocycles. The van der Waals surface area contributed by atoms with Crippen molar-refractivity contribution >= 4 is 17.5 Å². The van der Waals surface area contributed by atoms with E-state index in [2.05, 4.69) is 5.32 Å². The Kier molecular flexibility index (Phi) is 4.59. The lowest BCUT2D eigenvalue weighted by molar-refractivity contribution is -0.120. The number of halogens is 1. The average molecular weight is 227 g/mol. The van der Waals surface area contributed by atoms with Crippen LogP contribution in [0.2, 0.25) is 5.02 Å². The monoisotopic (exact) mass is 226 g/mol. The van der Waals surface area contributed by atoms with Crippen molar-refractivity contribution in [3.63, 3.8) is 0 Å². The Morgan fingerprint density at radius 3 is 2.53 bits per heavy atom. The van der Waals surface area contributed by atoms with E-state index in [4.69, 9.17) is 17.3 Å². The third-order valence-electron chi connectivity index (χ3n) is 2.09. The minimum atomic E-state index is -0.429. The van der Waals surface area contributed by atoms with E-state index in [-0.39, 0.29) is 5.91 Å². The number of amides is 1. The van der Waals surface area contributed by atoms with Gasteiger partial charge in [0.05, 0.1) is 0 Å². The van der Waals surface area contributed by atoms with Gasteiger partial charge >= 0.3 is 0 Å². The van der Waals surface area contributed by atoms with Gasteiger partial charge in [0.2, 0.25) is 5.91 Å². The summed E-state index contributed by atoms with van der Waals surface area (Å²) in [5.74, 6) is -0.370. The number of primary amides is 1. The maximum Gasteiger partial charge on any atom is 0.239 e. The van der Waals surface area contributed by atoms with Crippen molar-refractivity contribution in [2.75, 3.05) is 6.54 Å². The fourth-order valence-corrected chi connectivity index (χ4v) is 1.45. The molecule has 0 aliphatic rings. The summed E-state index contributed by atoms with van der Waals surface area (Å²) in [6.45, 7) is 2.79. The third kappa shape index (κ3) is 3.53. The number of hydrogen-bond donors (Lipinski definition) is 2. The van der Waals surface area contributed by atoms with Gasteiger partial charge in [-0.1, -0.05) is 30.7 Å². The van der Waals surface area contributed by atoms with Crippen LogP contribution in [0.3, 0.4) is 0 Å². The molecule has 0 aliphatic heterocycles. The summed E-state index contributed by atoms with van der Waals surface area (Å²) < 4.78 is 0. The van der Waals surface area contributed by atoms with Gasteiger partial charge in [0.1, 0.15) is 6.04 Å². The van der Waals surface area contributed by atoms with E-state index in [1.54, 1.807) is 24.3 Å². The summed E-state index contributed by atoms with van der Waals surface area (Å²) in [6, 6.07) is 6.68. The molecule has 0 heterocycles. The Balaban J connectivity index is 2.79. The molecule has 1 aromatic rings. The van der Waals surface area contributed by atoms with Gasteiger partial charge in [0.25, 0.3) is 0 Å². The molecule has 3 nitrogen and oxygen atoms in total. The first-order chi connectivity index (χ1) is 7.15. The summed E-state index contributed by atoms with van der Waals surface area (Å²) in [5.41, 5.74) is 6.16. The Labute approximate surface area is 94.6 Å². The van der Waals surface area contributed by atoms with Crippen molar-refractivity contribution in [3.05, 3.63) is 34.9 Å². The van der Waals surface area contributed by atoms with Crippen LogP contribution < -0.4 is 11.1 Å². The first-order valence-corrected chi connectivity index (χ1v) is 5.31. The second-order valence-electron chi connectivity index (χ2n) is 3.34. The van der Waals surface area contributed by atoms with E-state index in [0.29, 0.717) is 5.02 Å². The van der Waals surface area contributed by atoms with Crippen molar-refractivity contribution in [1.29, 1.82) is 0 Å². The molecule has 1 rings (SSSR count). The Hall–Kier alpha value is -1.06. The summed E-state index contributed by atoms with van der Waals surface area (Å²) in [5, 5.41) is 3.74. The molecule has 4 heteroatoms. The molecule has 0 spiro atoms. The first-order valence-electron chi connectivity index (χ1n) is 4.93. The largest absolute Gasteiger partial charge is 0.368 e. The number of carbonyl (C=O) groups is 1. The number of carbonyl (C=O) groups excluding carboxylic acids is 1. The number of nitrogens with one attached hydrogen (secondary N) is 1. The topological polar surface area (TPSA) is 55.1 Å². The van der Waals surface area contributed by atoms with E-state index in [9.17, 15) is 4.79 Å². The smallest absolute Gasteiger partial charge is 0.239 e. The third-order valence-corrected chi connectivity index (χ3v) is 2.34. The number of benzene rings is 1. The van der Waals surface area contributed by atoms with Crippen molar-refractivity contribution in [3.8, 4) is 0 Å². The van der Waals surface area contributed by atoms with E-state index < -0.39 is 6.04 Å². The van der Waals surface area contributed by atoms with Gasteiger partial charge in [-0.05, 0) is 30.7 Å². The van der Waals surface area contributed by atoms with Gasteiger partial charge < -0.3 is 11.1 Å². The van der Waals surface area contributed by atoms with Crippen LogP contribution in [0.25, 0.3) is 0 Å². The summed E-state index contributed by atoms with van der Waals surface area (Å²) in [4.78, 5) is 11.2. The fourth-order valence-electron chi connectivity index (χ4n) is 1.33. The highest BCUT2D eigenvalue weighted by atomic mass is 35.5. The lowest BCUT2D eigenvalue weighted by Gasteiger charge is -2.15. The molecular weight excluding hydrogens is 212 g/mol. The second kappa shape index (κ2) is 5.73. The Bertz CT molecular complexity index is 324. The summed E-state index contributed by atoms with van der Waals surface area (Å²) in [6.07, 6.45) is 0.956. The van der Waals surface area contributed by atoms with E-state index in [0.717, 1.165) is 18.5 Å². The normalized spacial score (nSPS) is 12.4. The number of hydrogen-bond acceptors (Lipinski definition) is 2. The van der Waals surface area contributed by atoms with Crippen molar-refractivity contribution in [2.24, 2.45) is 5.73 Å². The summed E-state index contributed by atoms with van der Waals surface area (Å²) in [7, 11) is 0. The molecule has 1 unspecified atom stereocenters. The molecule has 0 bridgehead atoms. The van der Waals surface area contributed by atoms with Crippen LogP contribution in [0.15, 0.2) is 24.3 Å². The van der Waals surface area contributed by atoms with Gasteiger partial charge in [0, 0.05) is 5.02 Å². The number of nitrogens with two attached hydrogens (primary N) is 1. The lowest BCUT2D eigenvalue weighted by atomic mass is 10.1. The van der Waals surface area contributed by atoms with Crippen LogP contribution >= 0.6 is 11.6 Å². The lowest BCUT2D eigenvalue weighted by Crippen LogP contribution is -2.33. The van der Waals surface area contributed by atoms with Gasteiger partial charge in [0.15, 0.2) is 0 Å². The van der Waals surface area contributed by atoms with Crippen LogP contribution in [0, 0.1) is 0 Å². The number of rotatable bonds is 5. The fraction of sp³-hybridized carbons (Fsp3) is 0.364. The molecule has 0 aliphatic carbocycles. The van der Waals surface area contributed by atoms with Gasteiger partial charge in [-0.15, -0.1) is 0 Å². The second-order valence-corrected chi connectivity index (χ2v) is 3.78. The van der Waals surface area contributed by atoms with E-state index in [1.807, 2.05) is 6.92 Å². The SMILES string of the molecule is CCCNC(C(N)=O)c1ccc(Cl)cc1. The van der Waals surface area contributed by atoms with Crippen LogP contribution in [-0.2, 0) is 4.79 Å². The van der Waals surface area contributed by atoms with Crippen molar-refractivity contribution in [2.45, 2.75) is 19.4 Å². The predicted octanol–water partition coefficient (Wildman–Crippen LogP) is 1.87. The molecule has 1 amide bonds. The Morgan fingerprint density at radius 1 is 1.47 bits per heavy atom. The predicted molar refractivity (Wildman–Crippen MR) is 61.7 cm³/mol. The van der Waals surface area contributed by atoms with Crippen LogP contribution in [0.5, 0.6) is 0 Å². The zero-order valence-electron chi connectivity index (χ0n) is 8.66. The van der Waals surface area contributed by atoms with Gasteiger partial charge in [-0.3, -0.25) is 4.79 Å². The molecule has 15 heavy (non-hydrogen) atoms. The van der Waals surface area contributed by atoms with Gasteiger partial charge in [-0.25, -0.2) is 0 Å². The maximum absolute atomic E-state index is 11.2. The molecule has 0 aromatic heterocycles. The van der Waals surface area contributed by atoms with Crippen molar-refractivity contribution < 1.29 is 4.79 Å². The highest BCUT2D eigenvalue weighted by Gasteiger charge is 2.15. The molecule has 3 N–H and O–H groups in total. The first kappa shape index (κ1) is 12.0. The molecule has 1 atom stereocenters. The standard InChI is InChI=1S/C11H15ClN2O/c1-2-7-14-10(11(13)15)8-3-5-9(12)6-4-8/h3-6,10,14H,2,7H2,1H3,(H2,13,15). The average Bonchev–Trinajstić information content (AvgIpc) is 2.21. The maximum atomic E-state index is 11.2.